The second kappa shape index (κ2) is 12.4. The fraction of sp³-hybridized carbons (Fsp3) is 0.545. The second-order valence-corrected chi connectivity index (χ2v) is 3.34. The van der Waals surface area contributed by atoms with Crippen LogP contribution in [0.2, 0.25) is 0 Å². The van der Waals surface area contributed by atoms with Crippen LogP contribution in [0.3, 0.4) is 0 Å². The molecular weight excluding hydrogens is 195 g/mol. The summed E-state index contributed by atoms with van der Waals surface area (Å²) in [5.74, 6) is -0.277. The van der Waals surface area contributed by atoms with E-state index < -0.39 is 0 Å². The molecule has 0 aliphatic heterocycles. The third kappa shape index (κ3) is 11.4. The molecule has 0 saturated carbocycles. The van der Waals surface area contributed by atoms with Gasteiger partial charge in [-0.15, -0.1) is 22.4 Å². The van der Waals surface area contributed by atoms with Gasteiger partial charge in [-0.25, -0.2) is 4.79 Å². The van der Waals surface area contributed by atoms with E-state index in [1.807, 2.05) is 0 Å². The molecule has 3 heteroatoms. The summed E-state index contributed by atoms with van der Waals surface area (Å²) >= 11 is 0. The molecule has 0 aromatic carbocycles. The van der Waals surface area contributed by atoms with E-state index in [1.54, 1.807) is 6.92 Å². The van der Waals surface area contributed by atoms with Gasteiger partial charge in [0, 0.05) is 5.57 Å². The predicted molar refractivity (Wildman–Crippen MR) is 65.5 cm³/mol. The molecule has 0 N–H and O–H groups in total. The third-order valence-electron chi connectivity index (χ3n) is 1.43. The van der Waals surface area contributed by atoms with E-state index >= 15 is 0 Å². The second-order valence-electron chi connectivity index (χ2n) is 2.77. The SMILES string of the molecule is C=C.C=C(C)C(=O)OCCCCCP. The number of hydrogen-bond acceptors (Lipinski definition) is 2. The van der Waals surface area contributed by atoms with E-state index in [-0.39, 0.29) is 5.97 Å². The van der Waals surface area contributed by atoms with Gasteiger partial charge >= 0.3 is 5.97 Å². The van der Waals surface area contributed by atoms with Gasteiger partial charge in [-0.3, -0.25) is 0 Å². The molecule has 1 atom stereocenters. The van der Waals surface area contributed by atoms with Crippen molar-refractivity contribution in [2.75, 3.05) is 12.8 Å². The minimum absolute atomic E-state index is 0.277. The Hall–Kier alpha value is -0.620. The highest BCUT2D eigenvalue weighted by atomic mass is 31.0. The molecule has 0 spiro atoms. The number of rotatable bonds is 6. The van der Waals surface area contributed by atoms with E-state index in [0.717, 1.165) is 19.0 Å². The Bertz CT molecular complexity index is 167. The van der Waals surface area contributed by atoms with E-state index in [1.165, 1.54) is 6.42 Å². The predicted octanol–water partition coefficient (Wildman–Crippen LogP) is 2.95. The lowest BCUT2D eigenvalue weighted by atomic mass is 10.3. The maximum atomic E-state index is 10.8. The Morgan fingerprint density at radius 1 is 1.29 bits per heavy atom. The molecule has 0 heterocycles. The summed E-state index contributed by atoms with van der Waals surface area (Å²) in [5, 5.41) is 0. The fourth-order valence-corrected chi connectivity index (χ4v) is 1.000. The van der Waals surface area contributed by atoms with Crippen molar-refractivity contribution in [3.05, 3.63) is 25.3 Å². The fourth-order valence-electron chi connectivity index (χ4n) is 0.711. The van der Waals surface area contributed by atoms with Gasteiger partial charge in [-0.1, -0.05) is 6.58 Å². The van der Waals surface area contributed by atoms with Crippen molar-refractivity contribution in [2.45, 2.75) is 26.2 Å². The van der Waals surface area contributed by atoms with Crippen LogP contribution in [-0.2, 0) is 9.53 Å². The van der Waals surface area contributed by atoms with Gasteiger partial charge in [0.25, 0.3) is 0 Å². The molecular formula is C11H21O2P. The number of carbonyl (C=O) groups excluding carboxylic acids is 1. The Labute approximate surface area is 89.6 Å². The number of unbranched alkanes of at least 4 members (excludes halogenated alkanes) is 2. The average molecular weight is 216 g/mol. The van der Waals surface area contributed by atoms with E-state index in [0.29, 0.717) is 12.2 Å². The minimum Gasteiger partial charge on any atom is -0.462 e. The lowest BCUT2D eigenvalue weighted by Crippen LogP contribution is -2.05. The van der Waals surface area contributed by atoms with Crippen LogP contribution in [0.5, 0.6) is 0 Å². The van der Waals surface area contributed by atoms with Crippen LogP contribution in [0, 0.1) is 0 Å². The topological polar surface area (TPSA) is 26.3 Å². The Morgan fingerprint density at radius 3 is 2.29 bits per heavy atom. The molecule has 82 valence electrons. The van der Waals surface area contributed by atoms with Crippen LogP contribution in [0.25, 0.3) is 0 Å². The number of ether oxygens (including phenoxy) is 1. The summed E-state index contributed by atoms with van der Waals surface area (Å²) in [6.07, 6.45) is 4.37. The molecule has 0 aromatic rings. The van der Waals surface area contributed by atoms with Crippen molar-refractivity contribution in [3.63, 3.8) is 0 Å². The molecule has 0 aliphatic rings. The molecule has 14 heavy (non-hydrogen) atoms. The summed E-state index contributed by atoms with van der Waals surface area (Å²) < 4.78 is 4.90. The summed E-state index contributed by atoms with van der Waals surface area (Å²) in [7, 11) is 2.68. The summed E-state index contributed by atoms with van der Waals surface area (Å²) in [4.78, 5) is 10.8. The summed E-state index contributed by atoms with van der Waals surface area (Å²) in [5.41, 5.74) is 0.473. The minimum atomic E-state index is -0.277. The van der Waals surface area contributed by atoms with Gasteiger partial charge in [-0.2, -0.15) is 0 Å². The Balaban J connectivity index is 0. The number of carbonyl (C=O) groups is 1. The molecule has 0 fully saturated rings. The first-order valence-corrected chi connectivity index (χ1v) is 5.53. The van der Waals surface area contributed by atoms with Crippen LogP contribution in [0.15, 0.2) is 25.3 Å². The average Bonchev–Trinajstić information content (AvgIpc) is 2.20. The Morgan fingerprint density at radius 2 is 1.86 bits per heavy atom. The zero-order valence-corrected chi connectivity index (χ0v) is 10.2. The lowest BCUT2D eigenvalue weighted by Gasteiger charge is -2.02. The largest absolute Gasteiger partial charge is 0.462 e. The quantitative estimate of drug-likeness (QED) is 0.224. The molecule has 0 aromatic heterocycles. The van der Waals surface area contributed by atoms with Crippen LogP contribution in [0.1, 0.15) is 26.2 Å². The highest BCUT2D eigenvalue weighted by Gasteiger charge is 2.00. The van der Waals surface area contributed by atoms with Crippen molar-refractivity contribution in [1.29, 1.82) is 0 Å². The molecule has 0 radical (unpaired) electrons. The summed E-state index contributed by atoms with van der Waals surface area (Å²) in [6, 6.07) is 0. The molecule has 0 bridgehead atoms. The first kappa shape index (κ1) is 15.8. The van der Waals surface area contributed by atoms with Crippen molar-refractivity contribution in [3.8, 4) is 0 Å². The molecule has 2 nitrogen and oxygen atoms in total. The smallest absolute Gasteiger partial charge is 0.333 e. The first-order valence-electron chi connectivity index (χ1n) is 4.71. The van der Waals surface area contributed by atoms with Crippen LogP contribution >= 0.6 is 9.24 Å². The van der Waals surface area contributed by atoms with Gasteiger partial charge in [0.15, 0.2) is 0 Å². The van der Waals surface area contributed by atoms with Crippen molar-refractivity contribution in [1.82, 2.24) is 0 Å². The maximum Gasteiger partial charge on any atom is 0.333 e. The van der Waals surface area contributed by atoms with Gasteiger partial charge in [0.1, 0.15) is 0 Å². The highest BCUT2D eigenvalue weighted by molar-refractivity contribution is 7.16. The first-order chi connectivity index (χ1) is 6.68. The van der Waals surface area contributed by atoms with Crippen LogP contribution in [-0.4, -0.2) is 18.7 Å². The van der Waals surface area contributed by atoms with Gasteiger partial charge in [0.05, 0.1) is 6.61 Å². The summed E-state index contributed by atoms with van der Waals surface area (Å²) in [6.45, 7) is 11.7. The van der Waals surface area contributed by atoms with Crippen LogP contribution < -0.4 is 0 Å². The Kier molecular flexibility index (Phi) is 14.0. The molecule has 0 saturated heterocycles. The standard InChI is InChI=1S/C9H17O2P.C2H4/c1-8(2)9(10)11-6-4-3-5-7-12;1-2/h1,3-7,12H2,2H3;1-2H2. The van der Waals surface area contributed by atoms with E-state index in [9.17, 15) is 4.79 Å². The molecule has 0 aliphatic carbocycles. The number of hydrogen-bond donors (Lipinski definition) is 0. The normalized spacial score (nSPS) is 8.43. The van der Waals surface area contributed by atoms with Gasteiger partial charge in [-0.05, 0) is 32.3 Å². The van der Waals surface area contributed by atoms with Gasteiger partial charge in [0.2, 0.25) is 0 Å². The van der Waals surface area contributed by atoms with Crippen molar-refractivity contribution >= 4 is 15.2 Å². The monoisotopic (exact) mass is 216 g/mol. The van der Waals surface area contributed by atoms with Crippen LogP contribution in [0.4, 0.5) is 0 Å². The highest BCUT2D eigenvalue weighted by Crippen LogP contribution is 2.00. The molecule has 1 unspecified atom stereocenters. The zero-order chi connectivity index (χ0) is 11.4. The zero-order valence-electron chi connectivity index (χ0n) is 9.05. The molecule has 0 rings (SSSR count). The van der Waals surface area contributed by atoms with E-state index in [2.05, 4.69) is 29.0 Å². The van der Waals surface area contributed by atoms with Crippen molar-refractivity contribution in [2.24, 2.45) is 0 Å². The number of esters is 1. The van der Waals surface area contributed by atoms with Crippen molar-refractivity contribution < 1.29 is 9.53 Å². The maximum absolute atomic E-state index is 10.8. The molecule has 0 amide bonds. The third-order valence-corrected chi connectivity index (χ3v) is 1.84. The van der Waals surface area contributed by atoms with Gasteiger partial charge < -0.3 is 4.74 Å². The lowest BCUT2D eigenvalue weighted by molar-refractivity contribution is -0.139. The van der Waals surface area contributed by atoms with E-state index in [4.69, 9.17) is 4.74 Å².